The third-order valence-electron chi connectivity index (χ3n) is 7.83. The summed E-state index contributed by atoms with van der Waals surface area (Å²) < 4.78 is 61.3. The summed E-state index contributed by atoms with van der Waals surface area (Å²) in [7, 11) is 4.00. The molecule has 2 aromatic carbocycles. The molecule has 224 valence electrons. The summed E-state index contributed by atoms with van der Waals surface area (Å²) >= 11 is 1.36. The summed E-state index contributed by atoms with van der Waals surface area (Å²) in [6.07, 6.45) is -0.109. The Morgan fingerprint density at radius 3 is 2.65 bits per heavy atom. The van der Waals surface area contributed by atoms with Gasteiger partial charge in [-0.1, -0.05) is 30.8 Å². The number of hydrogen-bond donors (Lipinski definition) is 1. The number of nitrogens with zero attached hydrogens (tertiary/aromatic N) is 6. The van der Waals surface area contributed by atoms with Crippen molar-refractivity contribution < 1.29 is 17.6 Å². The number of allylic oxidation sites excluding steroid dienone is 1. The lowest BCUT2D eigenvalue weighted by atomic mass is 9.94. The van der Waals surface area contributed by atoms with E-state index in [2.05, 4.69) is 26.8 Å². The van der Waals surface area contributed by atoms with Crippen molar-refractivity contribution in [1.82, 2.24) is 29.2 Å². The molecule has 1 aliphatic heterocycles. The van der Waals surface area contributed by atoms with Crippen LogP contribution in [0.25, 0.3) is 22.0 Å². The second-order valence-corrected chi connectivity index (χ2v) is 12.0. The number of imidazole rings is 1. The fourth-order valence-electron chi connectivity index (χ4n) is 5.65. The van der Waals surface area contributed by atoms with E-state index in [1.165, 1.54) is 28.3 Å². The highest BCUT2D eigenvalue weighted by Gasteiger charge is 2.37. The number of aromatic nitrogens is 5. The van der Waals surface area contributed by atoms with Crippen LogP contribution in [0, 0.1) is 6.92 Å². The van der Waals surface area contributed by atoms with Crippen LogP contribution < -0.4 is 5.32 Å². The molecule has 0 radical (unpaired) electrons. The Morgan fingerprint density at radius 2 is 1.98 bits per heavy atom. The molecule has 6 rings (SSSR count). The Labute approximate surface area is 250 Å². The van der Waals surface area contributed by atoms with Gasteiger partial charge in [-0.15, -0.1) is 11.3 Å². The highest BCUT2D eigenvalue weighted by molar-refractivity contribution is 7.13. The number of halogens is 4. The van der Waals surface area contributed by atoms with E-state index in [0.717, 1.165) is 18.5 Å². The van der Waals surface area contributed by atoms with E-state index < -0.39 is 24.0 Å². The van der Waals surface area contributed by atoms with Crippen molar-refractivity contribution in [3.63, 3.8) is 0 Å². The van der Waals surface area contributed by atoms with E-state index in [4.69, 9.17) is 5.10 Å². The zero-order chi connectivity index (χ0) is 30.5. The molecular formula is C31H31F4N7S. The largest absolute Gasteiger partial charge is 0.417 e. The van der Waals surface area contributed by atoms with E-state index in [-0.39, 0.29) is 23.9 Å². The maximum Gasteiger partial charge on any atom is 0.417 e. The molecule has 0 spiro atoms. The van der Waals surface area contributed by atoms with E-state index in [1.54, 1.807) is 29.4 Å². The molecule has 4 heterocycles. The predicted octanol–water partition coefficient (Wildman–Crippen LogP) is 6.90. The monoisotopic (exact) mass is 609 g/mol. The topological polar surface area (TPSA) is 63.8 Å². The molecule has 2 atom stereocenters. The van der Waals surface area contributed by atoms with E-state index >= 15 is 0 Å². The SMILES string of the molecule is C=C(Nc1nccs1)C(c1ncn2c1C[C@@H](F)C2)n1cc2c(C(F)(F)F)cc(-c3ccc(CCN(C)C)cc3)c(C)c2n1. The summed E-state index contributed by atoms with van der Waals surface area (Å²) in [6.45, 7) is 7.03. The van der Waals surface area contributed by atoms with Crippen molar-refractivity contribution in [1.29, 1.82) is 0 Å². The van der Waals surface area contributed by atoms with Gasteiger partial charge in [0, 0.05) is 47.5 Å². The molecule has 0 aliphatic carbocycles. The van der Waals surface area contributed by atoms with Crippen molar-refractivity contribution in [2.24, 2.45) is 0 Å². The lowest BCUT2D eigenvalue weighted by Crippen LogP contribution is -2.20. The second kappa shape index (κ2) is 11.2. The molecular weight excluding hydrogens is 578 g/mol. The van der Waals surface area contributed by atoms with Crippen molar-refractivity contribution >= 4 is 27.4 Å². The van der Waals surface area contributed by atoms with Crippen LogP contribution in [0.5, 0.6) is 0 Å². The first kappa shape index (κ1) is 29.1. The van der Waals surface area contributed by atoms with Gasteiger partial charge in [-0.25, -0.2) is 14.4 Å². The predicted molar refractivity (Wildman–Crippen MR) is 161 cm³/mol. The Hall–Kier alpha value is -4.03. The van der Waals surface area contributed by atoms with Crippen LogP contribution in [-0.2, 0) is 25.6 Å². The molecule has 0 fully saturated rings. The minimum Gasteiger partial charge on any atom is -0.333 e. The minimum absolute atomic E-state index is 0.0253. The zero-order valence-corrected chi connectivity index (χ0v) is 24.8. The quantitative estimate of drug-likeness (QED) is 0.184. The van der Waals surface area contributed by atoms with E-state index in [9.17, 15) is 17.6 Å². The number of thiazole rings is 1. The summed E-state index contributed by atoms with van der Waals surface area (Å²) in [5.74, 6) is 0. The van der Waals surface area contributed by atoms with Crippen molar-refractivity contribution in [3.8, 4) is 11.1 Å². The molecule has 7 nitrogen and oxygen atoms in total. The molecule has 0 amide bonds. The normalized spacial score (nSPS) is 15.8. The molecule has 43 heavy (non-hydrogen) atoms. The van der Waals surface area contributed by atoms with Crippen LogP contribution in [0.15, 0.2) is 66.7 Å². The second-order valence-electron chi connectivity index (χ2n) is 11.1. The van der Waals surface area contributed by atoms with Gasteiger partial charge >= 0.3 is 6.18 Å². The van der Waals surface area contributed by atoms with Gasteiger partial charge in [0.1, 0.15) is 12.2 Å². The number of anilines is 1. The third-order valence-corrected chi connectivity index (χ3v) is 8.52. The van der Waals surface area contributed by atoms with Crippen LogP contribution >= 0.6 is 11.3 Å². The van der Waals surface area contributed by atoms with Gasteiger partial charge in [-0.2, -0.15) is 18.3 Å². The Balaban J connectivity index is 1.48. The van der Waals surface area contributed by atoms with Gasteiger partial charge in [-0.05, 0) is 55.8 Å². The number of likely N-dealkylation sites (N-methyl/N-ethyl adjacent to an activating group) is 1. The van der Waals surface area contributed by atoms with Crippen molar-refractivity contribution in [2.75, 3.05) is 26.0 Å². The first-order valence-electron chi connectivity index (χ1n) is 13.9. The molecule has 0 saturated heterocycles. The van der Waals surface area contributed by atoms with Gasteiger partial charge in [0.05, 0.1) is 29.6 Å². The minimum atomic E-state index is -4.62. The molecule has 1 N–H and O–H groups in total. The number of fused-ring (bicyclic) bond motifs is 2. The van der Waals surface area contributed by atoms with Gasteiger partial charge in [0.15, 0.2) is 5.13 Å². The summed E-state index contributed by atoms with van der Waals surface area (Å²) in [6, 6.07) is 8.03. The third kappa shape index (κ3) is 5.68. The molecule has 5 aromatic rings. The number of benzene rings is 2. The summed E-state index contributed by atoms with van der Waals surface area (Å²) in [4.78, 5) is 10.9. The maximum absolute atomic E-state index is 14.6. The first-order chi connectivity index (χ1) is 20.5. The van der Waals surface area contributed by atoms with Gasteiger partial charge in [-0.3, -0.25) is 4.68 Å². The number of rotatable bonds is 9. The van der Waals surface area contributed by atoms with Gasteiger partial charge in [0.2, 0.25) is 0 Å². The Morgan fingerprint density at radius 1 is 1.21 bits per heavy atom. The molecule has 3 aromatic heterocycles. The lowest BCUT2D eigenvalue weighted by Gasteiger charge is -2.20. The molecule has 12 heteroatoms. The van der Waals surface area contributed by atoms with Crippen LogP contribution in [0.1, 0.15) is 34.1 Å². The maximum atomic E-state index is 14.6. The lowest BCUT2D eigenvalue weighted by molar-refractivity contribution is -0.136. The Bertz CT molecular complexity index is 1770. The fourth-order valence-corrected chi connectivity index (χ4v) is 6.22. The van der Waals surface area contributed by atoms with Crippen molar-refractivity contribution in [2.45, 2.75) is 44.7 Å². The van der Waals surface area contributed by atoms with E-state index in [1.807, 2.05) is 38.4 Å². The molecule has 1 aliphatic rings. The van der Waals surface area contributed by atoms with Gasteiger partial charge in [0.25, 0.3) is 0 Å². The van der Waals surface area contributed by atoms with Crippen LogP contribution in [-0.4, -0.2) is 56.0 Å². The summed E-state index contributed by atoms with van der Waals surface area (Å²) in [5, 5.41) is 10.2. The number of hydrogen-bond acceptors (Lipinski definition) is 6. The molecule has 1 unspecified atom stereocenters. The molecule has 0 saturated carbocycles. The van der Waals surface area contributed by atoms with E-state index in [0.29, 0.717) is 38.9 Å². The summed E-state index contributed by atoms with van der Waals surface area (Å²) in [5.41, 5.74) is 3.89. The van der Waals surface area contributed by atoms with Crippen LogP contribution in [0.2, 0.25) is 0 Å². The Kier molecular flexibility index (Phi) is 7.59. The number of alkyl halides is 4. The van der Waals surface area contributed by atoms with Crippen LogP contribution in [0.4, 0.5) is 22.7 Å². The highest BCUT2D eigenvalue weighted by Crippen LogP contribution is 2.41. The smallest absolute Gasteiger partial charge is 0.333 e. The zero-order valence-electron chi connectivity index (χ0n) is 24.0. The average molecular weight is 610 g/mol. The van der Waals surface area contributed by atoms with Crippen LogP contribution in [0.3, 0.4) is 0 Å². The molecule has 0 bridgehead atoms. The average Bonchev–Trinajstić information content (AvgIpc) is 3.74. The van der Waals surface area contributed by atoms with Crippen molar-refractivity contribution in [3.05, 3.63) is 94.8 Å². The first-order valence-corrected chi connectivity index (χ1v) is 14.7. The highest BCUT2D eigenvalue weighted by atomic mass is 32.1. The standard InChI is InChI=1S/C31H31F4N7S/c1-18-23(21-7-5-20(6-8-21)9-11-40(3)4)14-25(31(33,34)35)24-16-42(39-27(18)24)29(19(2)38-30-36-10-12-43-30)28-26-13-22(32)15-41(26)17-37-28/h5-8,10,12,14,16-17,22,29H,2,9,11,13,15H2,1,3-4H3,(H,36,38)/t22-,29?/m1/s1. The van der Waals surface area contributed by atoms with Gasteiger partial charge < -0.3 is 14.8 Å². The number of nitrogens with one attached hydrogen (secondary N) is 1. The number of aryl methyl sites for hydroxylation is 1. The fraction of sp³-hybridized carbons (Fsp3) is 0.323.